The van der Waals surface area contributed by atoms with Crippen LogP contribution in [0.5, 0.6) is 0 Å². The molecule has 4 N–H and O–H groups in total. The Kier molecular flexibility index (Phi) is 2.41. The molecule has 0 radical (unpaired) electrons. The average molecular weight is 162 g/mol. The zero-order valence-electron chi connectivity index (χ0n) is 7.55. The van der Waals surface area contributed by atoms with Crippen molar-refractivity contribution in [3.8, 4) is 0 Å². The molecule has 0 heterocycles. The van der Waals surface area contributed by atoms with Crippen LogP contribution < -0.4 is 0 Å². The van der Waals surface area contributed by atoms with Crippen molar-refractivity contribution in [2.45, 2.75) is 39.9 Å². The van der Waals surface area contributed by atoms with Crippen LogP contribution in [0, 0.1) is 10.8 Å². The van der Waals surface area contributed by atoms with Gasteiger partial charge in [0.25, 0.3) is 0 Å². The van der Waals surface area contributed by atoms with Crippen molar-refractivity contribution < 1.29 is 15.7 Å². The highest BCUT2D eigenvalue weighted by molar-refractivity contribution is 5.09. The molecule has 3 nitrogen and oxygen atoms in total. The minimum Gasteiger partial charge on any atom is -0.412 e. The van der Waals surface area contributed by atoms with Gasteiger partial charge in [0.1, 0.15) is 0 Å². The molecule has 0 unspecified atom stereocenters. The van der Waals surface area contributed by atoms with Crippen molar-refractivity contribution in [2.75, 3.05) is 0 Å². The van der Waals surface area contributed by atoms with E-state index in [-0.39, 0.29) is 28.5 Å². The quantitative estimate of drug-likeness (QED) is 0.524. The van der Waals surface area contributed by atoms with Crippen LogP contribution in [0.1, 0.15) is 27.7 Å². The van der Waals surface area contributed by atoms with Gasteiger partial charge in [-0.1, -0.05) is 27.7 Å². The number of aliphatic hydroxyl groups is 2. The smallest absolute Gasteiger partial charge is 0.0691 e. The predicted octanol–water partition coefficient (Wildman–Crippen LogP) is -0.0505. The summed E-state index contributed by atoms with van der Waals surface area (Å²) in [6, 6.07) is 0. The van der Waals surface area contributed by atoms with E-state index in [9.17, 15) is 10.2 Å². The first-order valence-corrected chi connectivity index (χ1v) is 3.67. The Balaban J connectivity index is 0.000001000. The van der Waals surface area contributed by atoms with Crippen LogP contribution in [0.2, 0.25) is 0 Å². The Morgan fingerprint density at radius 1 is 0.818 bits per heavy atom. The fourth-order valence-corrected chi connectivity index (χ4v) is 2.12. The average Bonchev–Trinajstić information content (AvgIpc) is 1.84. The van der Waals surface area contributed by atoms with E-state index in [1.165, 1.54) is 0 Å². The first-order valence-electron chi connectivity index (χ1n) is 3.67. The topological polar surface area (TPSA) is 72.0 Å². The van der Waals surface area contributed by atoms with Crippen LogP contribution in [0.4, 0.5) is 0 Å². The SMILES string of the molecule is CC1(C)C(O)C(C)(C)C1O.O. The molecule has 0 spiro atoms. The molecule has 0 aromatic heterocycles. The summed E-state index contributed by atoms with van der Waals surface area (Å²) in [5, 5.41) is 19.0. The number of rotatable bonds is 0. The summed E-state index contributed by atoms with van der Waals surface area (Å²) < 4.78 is 0. The largest absolute Gasteiger partial charge is 0.412 e. The molecule has 0 aromatic rings. The van der Waals surface area contributed by atoms with Crippen LogP contribution in [-0.4, -0.2) is 27.9 Å². The second-order valence-corrected chi connectivity index (χ2v) is 4.45. The minimum atomic E-state index is -0.380. The molecule has 1 saturated carbocycles. The van der Waals surface area contributed by atoms with Crippen LogP contribution >= 0.6 is 0 Å². The number of hydrogen-bond acceptors (Lipinski definition) is 2. The normalized spacial score (nSPS) is 38.7. The molecule has 0 atom stereocenters. The van der Waals surface area contributed by atoms with Crippen LogP contribution in [0.15, 0.2) is 0 Å². The van der Waals surface area contributed by atoms with Gasteiger partial charge in [0.2, 0.25) is 0 Å². The highest BCUT2D eigenvalue weighted by Crippen LogP contribution is 2.53. The maximum atomic E-state index is 9.51. The Labute approximate surface area is 67.4 Å². The van der Waals surface area contributed by atoms with Crippen molar-refractivity contribution in [3.63, 3.8) is 0 Å². The van der Waals surface area contributed by atoms with E-state index in [1.807, 2.05) is 27.7 Å². The second kappa shape index (κ2) is 2.44. The summed E-state index contributed by atoms with van der Waals surface area (Å²) in [7, 11) is 0. The zero-order chi connectivity index (χ0) is 8.15. The van der Waals surface area contributed by atoms with E-state index in [4.69, 9.17) is 0 Å². The maximum Gasteiger partial charge on any atom is 0.0691 e. The lowest BCUT2D eigenvalue weighted by Crippen LogP contribution is -2.67. The minimum absolute atomic E-state index is 0. The fraction of sp³-hybridized carbons (Fsp3) is 1.00. The van der Waals surface area contributed by atoms with Crippen molar-refractivity contribution >= 4 is 0 Å². The first kappa shape index (κ1) is 10.9. The first-order chi connectivity index (χ1) is 4.31. The molecule has 1 aliphatic rings. The van der Waals surface area contributed by atoms with Crippen LogP contribution in [0.25, 0.3) is 0 Å². The Morgan fingerprint density at radius 3 is 1.09 bits per heavy atom. The number of hydrogen-bond donors (Lipinski definition) is 2. The van der Waals surface area contributed by atoms with Gasteiger partial charge < -0.3 is 15.7 Å². The summed E-state index contributed by atoms with van der Waals surface area (Å²) in [6.45, 7) is 7.53. The highest BCUT2D eigenvalue weighted by atomic mass is 16.3. The van der Waals surface area contributed by atoms with Crippen molar-refractivity contribution in [1.29, 1.82) is 0 Å². The van der Waals surface area contributed by atoms with Gasteiger partial charge in [0, 0.05) is 10.8 Å². The van der Waals surface area contributed by atoms with Crippen molar-refractivity contribution in [2.24, 2.45) is 10.8 Å². The summed E-state index contributed by atoms with van der Waals surface area (Å²) in [6.07, 6.45) is -0.759. The molecule has 3 heteroatoms. The maximum absolute atomic E-state index is 9.51. The molecule has 1 fully saturated rings. The molecule has 0 aromatic carbocycles. The molecule has 1 rings (SSSR count). The number of aliphatic hydroxyl groups excluding tert-OH is 2. The van der Waals surface area contributed by atoms with Crippen molar-refractivity contribution in [1.82, 2.24) is 0 Å². The standard InChI is InChI=1S/C8H16O2.H2O/c1-7(2)5(9)8(3,4)6(7)10;/h5-6,9-10H,1-4H3;1H2. The van der Waals surface area contributed by atoms with E-state index in [2.05, 4.69) is 0 Å². The summed E-state index contributed by atoms with van der Waals surface area (Å²) in [5.74, 6) is 0. The molecule has 68 valence electrons. The lowest BCUT2D eigenvalue weighted by Gasteiger charge is -2.59. The van der Waals surface area contributed by atoms with Crippen LogP contribution in [-0.2, 0) is 0 Å². The Morgan fingerprint density at radius 2 is 1.00 bits per heavy atom. The lowest BCUT2D eigenvalue weighted by atomic mass is 9.51. The molecule has 11 heavy (non-hydrogen) atoms. The highest BCUT2D eigenvalue weighted by Gasteiger charge is 2.60. The summed E-state index contributed by atoms with van der Waals surface area (Å²) >= 11 is 0. The van der Waals surface area contributed by atoms with E-state index < -0.39 is 0 Å². The molecule has 0 saturated heterocycles. The van der Waals surface area contributed by atoms with Gasteiger partial charge in [-0.3, -0.25) is 0 Å². The predicted molar refractivity (Wildman–Crippen MR) is 43.2 cm³/mol. The van der Waals surface area contributed by atoms with E-state index in [1.54, 1.807) is 0 Å². The lowest BCUT2D eigenvalue weighted by molar-refractivity contribution is -0.247. The van der Waals surface area contributed by atoms with Gasteiger partial charge in [-0.2, -0.15) is 0 Å². The molecule has 0 amide bonds. The molecular weight excluding hydrogens is 144 g/mol. The summed E-state index contributed by atoms with van der Waals surface area (Å²) in [4.78, 5) is 0. The van der Waals surface area contributed by atoms with Crippen molar-refractivity contribution in [3.05, 3.63) is 0 Å². The van der Waals surface area contributed by atoms with Gasteiger partial charge >= 0.3 is 0 Å². The Bertz CT molecular complexity index is 121. The third-order valence-electron chi connectivity index (χ3n) is 2.82. The fourth-order valence-electron chi connectivity index (χ4n) is 2.12. The second-order valence-electron chi connectivity index (χ2n) is 4.45. The summed E-state index contributed by atoms with van der Waals surface area (Å²) in [5.41, 5.74) is -0.632. The van der Waals surface area contributed by atoms with E-state index in [0.29, 0.717) is 0 Å². The van der Waals surface area contributed by atoms with Crippen LogP contribution in [0.3, 0.4) is 0 Å². The zero-order valence-corrected chi connectivity index (χ0v) is 7.55. The van der Waals surface area contributed by atoms with Gasteiger partial charge in [-0.05, 0) is 0 Å². The van der Waals surface area contributed by atoms with E-state index >= 15 is 0 Å². The van der Waals surface area contributed by atoms with Gasteiger partial charge in [-0.15, -0.1) is 0 Å². The van der Waals surface area contributed by atoms with Gasteiger partial charge in [-0.25, -0.2) is 0 Å². The van der Waals surface area contributed by atoms with Gasteiger partial charge in [0.15, 0.2) is 0 Å². The third kappa shape index (κ3) is 1.08. The molecule has 0 aliphatic heterocycles. The monoisotopic (exact) mass is 162 g/mol. The van der Waals surface area contributed by atoms with Gasteiger partial charge in [0.05, 0.1) is 12.2 Å². The molecule has 0 bridgehead atoms. The third-order valence-corrected chi connectivity index (χ3v) is 2.82. The Hall–Kier alpha value is -0.120. The molecular formula is C8H18O3. The molecule has 1 aliphatic carbocycles. The van der Waals surface area contributed by atoms with E-state index in [0.717, 1.165) is 0 Å².